The third-order valence-electron chi connectivity index (χ3n) is 2.80. The molecule has 0 spiro atoms. The summed E-state index contributed by atoms with van der Waals surface area (Å²) in [5.74, 6) is 0.864. The second-order valence-corrected chi connectivity index (χ2v) is 4.68. The molecule has 2 rings (SSSR count). The number of thiocarbonyl (C=S) groups is 1. The van der Waals surface area contributed by atoms with Gasteiger partial charge in [0, 0.05) is 26.3 Å². The molecule has 0 unspecified atom stereocenters. The molecule has 19 heavy (non-hydrogen) atoms. The number of nitrogens with one attached hydrogen (secondary N) is 1. The molecule has 0 amide bonds. The van der Waals surface area contributed by atoms with Crippen LogP contribution in [0.4, 0.5) is 5.82 Å². The number of aromatic nitrogens is 5. The number of hydrogen-bond donors (Lipinski definition) is 2. The van der Waals surface area contributed by atoms with Gasteiger partial charge >= 0.3 is 0 Å². The molecule has 8 heteroatoms. The monoisotopic (exact) mass is 279 g/mol. The Hall–Kier alpha value is -1.96. The van der Waals surface area contributed by atoms with E-state index >= 15 is 0 Å². The van der Waals surface area contributed by atoms with E-state index in [-0.39, 0.29) is 0 Å². The Labute approximate surface area is 116 Å². The van der Waals surface area contributed by atoms with Gasteiger partial charge in [-0.15, -0.1) is 5.10 Å². The van der Waals surface area contributed by atoms with E-state index in [1.165, 1.54) is 0 Å². The van der Waals surface area contributed by atoms with Crippen LogP contribution in [0.15, 0.2) is 12.4 Å². The molecule has 0 saturated carbocycles. The zero-order chi connectivity index (χ0) is 13.8. The van der Waals surface area contributed by atoms with E-state index in [1.807, 2.05) is 20.2 Å². The normalized spacial score (nSPS) is 10.6. The summed E-state index contributed by atoms with van der Waals surface area (Å²) in [6.45, 7) is 3.50. The molecule has 0 bridgehead atoms. The molecular weight excluding hydrogens is 262 g/mol. The van der Waals surface area contributed by atoms with Crippen molar-refractivity contribution in [3.63, 3.8) is 0 Å². The molecule has 0 saturated heterocycles. The van der Waals surface area contributed by atoms with Crippen LogP contribution in [0.3, 0.4) is 0 Å². The molecule has 2 heterocycles. The topological polar surface area (TPSA) is 86.6 Å². The van der Waals surface area contributed by atoms with Crippen LogP contribution in [0.25, 0.3) is 0 Å². The first kappa shape index (κ1) is 13.5. The molecule has 0 atom stereocenters. The molecule has 0 aliphatic carbocycles. The summed E-state index contributed by atoms with van der Waals surface area (Å²) >= 11 is 5.06. The van der Waals surface area contributed by atoms with Crippen molar-refractivity contribution >= 4 is 23.0 Å². The van der Waals surface area contributed by atoms with E-state index in [4.69, 9.17) is 18.0 Å². The van der Waals surface area contributed by atoms with E-state index < -0.39 is 0 Å². The standard InChI is InChI=1S/C11H17N7S/c1-8-9(10(12)19)11(17(2)15-8)13-4-3-6-18-7-5-14-16-18/h5,7,13H,3-4,6H2,1-2H3,(H2,12,19). The molecule has 3 N–H and O–H groups in total. The van der Waals surface area contributed by atoms with Gasteiger partial charge in [-0.3, -0.25) is 9.36 Å². The summed E-state index contributed by atoms with van der Waals surface area (Å²) in [4.78, 5) is 0.365. The first-order valence-corrected chi connectivity index (χ1v) is 6.41. The summed E-state index contributed by atoms with van der Waals surface area (Å²) in [5, 5.41) is 15.3. The van der Waals surface area contributed by atoms with Crippen molar-refractivity contribution in [3.05, 3.63) is 23.7 Å². The molecule has 0 aromatic carbocycles. The number of aryl methyl sites for hydroxylation is 3. The average molecular weight is 279 g/mol. The van der Waals surface area contributed by atoms with Crippen molar-refractivity contribution in [1.29, 1.82) is 0 Å². The van der Waals surface area contributed by atoms with Crippen molar-refractivity contribution in [1.82, 2.24) is 24.8 Å². The highest BCUT2D eigenvalue weighted by atomic mass is 32.1. The fourth-order valence-corrected chi connectivity index (χ4v) is 2.20. The summed E-state index contributed by atoms with van der Waals surface area (Å²) in [6, 6.07) is 0. The number of nitrogens with zero attached hydrogens (tertiary/aromatic N) is 5. The van der Waals surface area contributed by atoms with Gasteiger partial charge in [0.25, 0.3) is 0 Å². The van der Waals surface area contributed by atoms with Crippen molar-refractivity contribution in [2.45, 2.75) is 19.9 Å². The Kier molecular flexibility index (Phi) is 4.10. The van der Waals surface area contributed by atoms with Crippen molar-refractivity contribution in [3.8, 4) is 0 Å². The van der Waals surface area contributed by atoms with Gasteiger partial charge in [0.1, 0.15) is 10.8 Å². The molecule has 2 aromatic rings. The summed E-state index contributed by atoms with van der Waals surface area (Å²) in [6.07, 6.45) is 4.43. The minimum Gasteiger partial charge on any atom is -0.389 e. The molecule has 0 aliphatic heterocycles. The van der Waals surface area contributed by atoms with Crippen LogP contribution in [0, 0.1) is 6.92 Å². The zero-order valence-corrected chi connectivity index (χ0v) is 11.8. The van der Waals surface area contributed by atoms with Crippen molar-refractivity contribution in [2.24, 2.45) is 12.8 Å². The lowest BCUT2D eigenvalue weighted by molar-refractivity contribution is 0.568. The Bertz CT molecular complexity index is 558. The van der Waals surface area contributed by atoms with Gasteiger partial charge in [-0.2, -0.15) is 5.10 Å². The molecule has 0 radical (unpaired) electrons. The number of rotatable bonds is 6. The van der Waals surface area contributed by atoms with Gasteiger partial charge < -0.3 is 11.1 Å². The maximum Gasteiger partial charge on any atom is 0.134 e. The van der Waals surface area contributed by atoms with Crippen LogP contribution in [0.5, 0.6) is 0 Å². The van der Waals surface area contributed by atoms with E-state index in [9.17, 15) is 0 Å². The second-order valence-electron chi connectivity index (χ2n) is 4.24. The van der Waals surface area contributed by atoms with Gasteiger partial charge in [-0.1, -0.05) is 17.4 Å². The van der Waals surface area contributed by atoms with E-state index in [0.29, 0.717) is 4.99 Å². The predicted molar refractivity (Wildman–Crippen MR) is 77.0 cm³/mol. The van der Waals surface area contributed by atoms with Crippen LogP contribution < -0.4 is 11.1 Å². The summed E-state index contributed by atoms with van der Waals surface area (Å²) in [5.41, 5.74) is 7.39. The highest BCUT2D eigenvalue weighted by molar-refractivity contribution is 7.80. The molecule has 102 valence electrons. The largest absolute Gasteiger partial charge is 0.389 e. The third kappa shape index (κ3) is 3.08. The van der Waals surface area contributed by atoms with Gasteiger partial charge in [-0.05, 0) is 13.3 Å². The summed E-state index contributed by atoms with van der Waals surface area (Å²) in [7, 11) is 1.87. The molecule has 2 aromatic heterocycles. The van der Waals surface area contributed by atoms with E-state index in [1.54, 1.807) is 15.6 Å². The van der Waals surface area contributed by atoms with Gasteiger partial charge in [0.2, 0.25) is 0 Å². The zero-order valence-electron chi connectivity index (χ0n) is 11.0. The predicted octanol–water partition coefficient (Wildman–Crippen LogP) is 0.456. The first-order valence-electron chi connectivity index (χ1n) is 6.01. The number of nitrogens with two attached hydrogens (primary N) is 1. The highest BCUT2D eigenvalue weighted by Gasteiger charge is 2.14. The molecular formula is C11H17N7S. The van der Waals surface area contributed by atoms with Crippen LogP contribution >= 0.6 is 12.2 Å². The highest BCUT2D eigenvalue weighted by Crippen LogP contribution is 2.18. The van der Waals surface area contributed by atoms with E-state index in [2.05, 4.69) is 20.7 Å². The minimum absolute atomic E-state index is 0.365. The number of hydrogen-bond acceptors (Lipinski definition) is 5. The molecule has 0 fully saturated rings. The Morgan fingerprint density at radius 1 is 1.53 bits per heavy atom. The fourth-order valence-electron chi connectivity index (χ4n) is 1.96. The Morgan fingerprint density at radius 3 is 2.95 bits per heavy atom. The Morgan fingerprint density at radius 2 is 2.32 bits per heavy atom. The third-order valence-corrected chi connectivity index (χ3v) is 3.00. The fraction of sp³-hybridized carbons (Fsp3) is 0.455. The van der Waals surface area contributed by atoms with Gasteiger partial charge in [0.15, 0.2) is 0 Å². The quantitative estimate of drug-likeness (QED) is 0.590. The number of anilines is 1. The maximum atomic E-state index is 5.73. The SMILES string of the molecule is Cc1nn(C)c(NCCCn2ccnn2)c1C(N)=S. The first-order chi connectivity index (χ1) is 9.09. The summed E-state index contributed by atoms with van der Waals surface area (Å²) < 4.78 is 3.56. The molecule has 7 nitrogen and oxygen atoms in total. The average Bonchev–Trinajstić information content (AvgIpc) is 2.93. The van der Waals surface area contributed by atoms with Crippen LogP contribution in [-0.4, -0.2) is 36.3 Å². The maximum absolute atomic E-state index is 5.73. The van der Waals surface area contributed by atoms with Gasteiger partial charge in [-0.25, -0.2) is 0 Å². The van der Waals surface area contributed by atoms with Crippen LogP contribution in [0.1, 0.15) is 17.7 Å². The van der Waals surface area contributed by atoms with Gasteiger partial charge in [0.05, 0.1) is 17.5 Å². The molecule has 0 aliphatic rings. The lowest BCUT2D eigenvalue weighted by atomic mass is 10.2. The van der Waals surface area contributed by atoms with Crippen LogP contribution in [0.2, 0.25) is 0 Å². The lowest BCUT2D eigenvalue weighted by Gasteiger charge is -2.09. The van der Waals surface area contributed by atoms with E-state index in [0.717, 1.165) is 36.6 Å². The van der Waals surface area contributed by atoms with Crippen LogP contribution in [-0.2, 0) is 13.6 Å². The second kappa shape index (κ2) is 5.79. The van der Waals surface area contributed by atoms with Crippen molar-refractivity contribution < 1.29 is 0 Å². The minimum atomic E-state index is 0.365. The smallest absolute Gasteiger partial charge is 0.134 e. The van der Waals surface area contributed by atoms with Crippen molar-refractivity contribution in [2.75, 3.05) is 11.9 Å². The lowest BCUT2D eigenvalue weighted by Crippen LogP contribution is -2.16. The Balaban J connectivity index is 1.94.